The number of hydrogen-bond acceptors (Lipinski definition) is 6. The van der Waals surface area contributed by atoms with Gasteiger partial charge in [-0.15, -0.1) is 0 Å². The summed E-state index contributed by atoms with van der Waals surface area (Å²) in [7, 11) is 1.22. The third-order valence-corrected chi connectivity index (χ3v) is 4.61. The first-order chi connectivity index (χ1) is 14.8. The Morgan fingerprint density at radius 3 is 2.19 bits per heavy atom. The van der Waals surface area contributed by atoms with Crippen LogP contribution in [-0.4, -0.2) is 48.4 Å². The van der Waals surface area contributed by atoms with Gasteiger partial charge >= 0.3 is 12.1 Å². The molecular weight excluding hydrogens is 400 g/mol. The number of hydrogen-bond donors (Lipinski definition) is 3. The number of carbonyl (C=O) groups is 3. The molecule has 3 N–H and O–H groups in total. The Morgan fingerprint density at radius 1 is 0.968 bits per heavy atom. The molecule has 0 aliphatic rings. The molecule has 0 radical (unpaired) electrons. The van der Waals surface area contributed by atoms with Crippen LogP contribution >= 0.6 is 0 Å². The number of methoxy groups -OCH3 is 1. The second-order valence-electron chi connectivity index (χ2n) is 7.20. The predicted molar refractivity (Wildman–Crippen MR) is 114 cm³/mol. The number of carbonyl (C=O) groups excluding carboxylic acids is 3. The van der Waals surface area contributed by atoms with Gasteiger partial charge in [0.25, 0.3) is 0 Å². The fourth-order valence-electron chi connectivity index (χ4n) is 2.85. The highest BCUT2D eigenvalue weighted by Gasteiger charge is 2.30. The molecule has 3 atom stereocenters. The summed E-state index contributed by atoms with van der Waals surface area (Å²) in [5.41, 5.74) is 2.67. The normalized spacial score (nSPS) is 13.4. The molecule has 8 nitrogen and oxygen atoms in total. The number of benzene rings is 2. The van der Waals surface area contributed by atoms with E-state index >= 15 is 0 Å². The van der Waals surface area contributed by atoms with E-state index in [1.165, 1.54) is 14.0 Å². The number of nitrogens with one attached hydrogen (secondary N) is 2. The highest BCUT2D eigenvalue weighted by Crippen LogP contribution is 2.08. The maximum atomic E-state index is 12.7. The largest absolute Gasteiger partial charge is 0.467 e. The fraction of sp³-hybridized carbons (Fsp3) is 0.348. The third-order valence-electron chi connectivity index (χ3n) is 4.61. The fourth-order valence-corrected chi connectivity index (χ4v) is 2.85. The van der Waals surface area contributed by atoms with E-state index in [2.05, 4.69) is 10.6 Å². The van der Waals surface area contributed by atoms with Crippen molar-refractivity contribution in [3.8, 4) is 0 Å². The number of aryl methyl sites for hydroxylation is 1. The van der Waals surface area contributed by atoms with Crippen molar-refractivity contribution >= 4 is 18.0 Å². The van der Waals surface area contributed by atoms with Crippen LogP contribution in [-0.2, 0) is 32.1 Å². The van der Waals surface area contributed by atoms with Gasteiger partial charge in [-0.3, -0.25) is 4.79 Å². The van der Waals surface area contributed by atoms with E-state index in [0.717, 1.165) is 16.7 Å². The van der Waals surface area contributed by atoms with E-state index in [-0.39, 0.29) is 13.0 Å². The first kappa shape index (κ1) is 23.9. The molecule has 2 aromatic carbocycles. The van der Waals surface area contributed by atoms with E-state index in [0.29, 0.717) is 0 Å². The zero-order chi connectivity index (χ0) is 22.8. The summed E-state index contributed by atoms with van der Waals surface area (Å²) in [6, 6.07) is 14.2. The van der Waals surface area contributed by atoms with Crippen molar-refractivity contribution in [2.75, 3.05) is 7.11 Å². The van der Waals surface area contributed by atoms with Gasteiger partial charge in [-0.2, -0.15) is 0 Å². The number of ether oxygens (including phenoxy) is 2. The van der Waals surface area contributed by atoms with Crippen molar-refractivity contribution in [3.05, 3.63) is 71.3 Å². The summed E-state index contributed by atoms with van der Waals surface area (Å²) in [4.78, 5) is 37.0. The molecule has 0 saturated carbocycles. The van der Waals surface area contributed by atoms with Gasteiger partial charge in [0.1, 0.15) is 18.7 Å². The molecule has 2 amide bonds. The molecule has 0 bridgehead atoms. The molecular formula is C23H28N2O6. The number of alkyl carbamates (subject to hydrolysis) is 1. The van der Waals surface area contributed by atoms with Crippen LogP contribution in [0.25, 0.3) is 0 Å². The van der Waals surface area contributed by atoms with Gasteiger partial charge in [-0.1, -0.05) is 60.2 Å². The summed E-state index contributed by atoms with van der Waals surface area (Å²) >= 11 is 0. The summed E-state index contributed by atoms with van der Waals surface area (Å²) in [6.45, 7) is 3.31. The van der Waals surface area contributed by atoms with Crippen LogP contribution in [0.1, 0.15) is 23.6 Å². The SMILES string of the molecule is COC(=O)[C@@H](Cc1ccc(C)cc1)NC(=O)[C@@H](NC(=O)OCc1ccccc1)[C@@H](C)O. The Kier molecular flexibility index (Phi) is 9.02. The van der Waals surface area contributed by atoms with Gasteiger partial charge in [0, 0.05) is 6.42 Å². The van der Waals surface area contributed by atoms with Gasteiger partial charge < -0.3 is 25.2 Å². The van der Waals surface area contributed by atoms with Crippen molar-refractivity contribution in [1.82, 2.24) is 10.6 Å². The van der Waals surface area contributed by atoms with Crippen LogP contribution in [0.2, 0.25) is 0 Å². The quantitative estimate of drug-likeness (QED) is 0.526. The van der Waals surface area contributed by atoms with Crippen LogP contribution in [0.15, 0.2) is 54.6 Å². The Bertz CT molecular complexity index is 867. The summed E-state index contributed by atoms with van der Waals surface area (Å²) in [5.74, 6) is -1.36. The Balaban J connectivity index is 2.00. The van der Waals surface area contributed by atoms with Crippen LogP contribution < -0.4 is 10.6 Å². The minimum atomic E-state index is -1.31. The highest BCUT2D eigenvalue weighted by molar-refractivity contribution is 5.90. The van der Waals surface area contributed by atoms with Gasteiger partial charge in [0.15, 0.2) is 0 Å². The Hall–Kier alpha value is -3.39. The van der Waals surface area contributed by atoms with E-state index in [1.54, 1.807) is 12.1 Å². The summed E-state index contributed by atoms with van der Waals surface area (Å²) in [6.07, 6.45) is -1.89. The van der Waals surface area contributed by atoms with Crippen LogP contribution in [0, 0.1) is 6.92 Å². The number of rotatable bonds is 9. The Labute approximate surface area is 181 Å². The zero-order valence-electron chi connectivity index (χ0n) is 17.8. The lowest BCUT2D eigenvalue weighted by atomic mass is 10.0. The standard InChI is InChI=1S/C23H28N2O6/c1-15-9-11-17(12-10-15)13-19(22(28)30-3)24-21(27)20(16(2)26)25-23(29)31-14-18-7-5-4-6-8-18/h4-12,16,19-20,26H,13-14H2,1-3H3,(H,24,27)(H,25,29)/t16-,19-,20+/m1/s1. The molecule has 0 fully saturated rings. The smallest absolute Gasteiger partial charge is 0.408 e. The lowest BCUT2D eigenvalue weighted by molar-refractivity contribution is -0.145. The molecule has 0 aliphatic carbocycles. The van der Waals surface area contributed by atoms with Gasteiger partial charge in [0.2, 0.25) is 5.91 Å². The van der Waals surface area contributed by atoms with Crippen LogP contribution in [0.3, 0.4) is 0 Å². The number of aliphatic hydroxyl groups is 1. The maximum absolute atomic E-state index is 12.7. The second-order valence-corrected chi connectivity index (χ2v) is 7.20. The monoisotopic (exact) mass is 428 g/mol. The molecule has 166 valence electrons. The van der Waals surface area contributed by atoms with Crippen LogP contribution in [0.4, 0.5) is 4.79 Å². The summed E-state index contributed by atoms with van der Waals surface area (Å²) in [5, 5.41) is 14.9. The van der Waals surface area contributed by atoms with E-state index < -0.39 is 36.2 Å². The molecule has 31 heavy (non-hydrogen) atoms. The van der Waals surface area contributed by atoms with E-state index in [1.807, 2.05) is 49.4 Å². The molecule has 2 aromatic rings. The van der Waals surface area contributed by atoms with Gasteiger partial charge in [-0.05, 0) is 25.0 Å². The van der Waals surface area contributed by atoms with Gasteiger partial charge in [0.05, 0.1) is 13.2 Å². The minimum Gasteiger partial charge on any atom is -0.467 e. The first-order valence-electron chi connectivity index (χ1n) is 9.89. The molecule has 0 spiro atoms. The van der Waals surface area contributed by atoms with Crippen molar-refractivity contribution in [2.24, 2.45) is 0 Å². The molecule has 0 unspecified atom stereocenters. The third kappa shape index (κ3) is 7.75. The lowest BCUT2D eigenvalue weighted by Gasteiger charge is -2.24. The van der Waals surface area contributed by atoms with Crippen molar-refractivity contribution in [2.45, 2.75) is 45.1 Å². The number of esters is 1. The summed E-state index contributed by atoms with van der Waals surface area (Å²) < 4.78 is 9.90. The molecule has 8 heteroatoms. The first-order valence-corrected chi connectivity index (χ1v) is 9.89. The van der Waals surface area contributed by atoms with E-state index in [4.69, 9.17) is 9.47 Å². The van der Waals surface area contributed by atoms with Gasteiger partial charge in [-0.25, -0.2) is 9.59 Å². The average molecular weight is 428 g/mol. The van der Waals surface area contributed by atoms with Crippen molar-refractivity contribution < 1.29 is 29.0 Å². The van der Waals surface area contributed by atoms with E-state index in [9.17, 15) is 19.5 Å². The number of amides is 2. The molecule has 0 aliphatic heterocycles. The molecule has 0 saturated heterocycles. The van der Waals surface area contributed by atoms with Crippen molar-refractivity contribution in [3.63, 3.8) is 0 Å². The zero-order valence-corrected chi connectivity index (χ0v) is 17.8. The topological polar surface area (TPSA) is 114 Å². The Morgan fingerprint density at radius 2 is 1.61 bits per heavy atom. The maximum Gasteiger partial charge on any atom is 0.408 e. The van der Waals surface area contributed by atoms with Crippen molar-refractivity contribution in [1.29, 1.82) is 0 Å². The minimum absolute atomic E-state index is 0.0129. The molecule has 0 heterocycles. The second kappa shape index (κ2) is 11.7. The average Bonchev–Trinajstić information content (AvgIpc) is 2.76. The predicted octanol–water partition coefficient (Wildman–Crippen LogP) is 1.87. The lowest BCUT2D eigenvalue weighted by Crippen LogP contribution is -2.56. The molecule has 2 rings (SSSR count). The number of aliphatic hydroxyl groups excluding tert-OH is 1. The van der Waals surface area contributed by atoms with Crippen LogP contribution in [0.5, 0.6) is 0 Å². The molecule has 0 aromatic heterocycles. The highest BCUT2D eigenvalue weighted by atomic mass is 16.5.